The van der Waals surface area contributed by atoms with Gasteiger partial charge < -0.3 is 14.9 Å². The van der Waals surface area contributed by atoms with Crippen LogP contribution in [0.1, 0.15) is 84.5 Å². The lowest BCUT2D eigenvalue weighted by atomic mass is 10.0. The van der Waals surface area contributed by atoms with Crippen LogP contribution in [0.5, 0.6) is 0 Å². The van der Waals surface area contributed by atoms with E-state index in [1.807, 2.05) is 0 Å². The molecular weight excluding hydrogens is 280 g/mol. The van der Waals surface area contributed by atoms with E-state index in [2.05, 4.69) is 13.8 Å². The molecule has 4 nitrogen and oxygen atoms in total. The Bertz CT molecular complexity index is 253. The summed E-state index contributed by atoms with van der Waals surface area (Å²) in [6, 6.07) is 0. The first-order valence-electron chi connectivity index (χ1n) is 9.00. The minimum Gasteiger partial charge on any atom is -0.463 e. The molecule has 0 rings (SSSR count). The van der Waals surface area contributed by atoms with Gasteiger partial charge in [-0.15, -0.1) is 0 Å². The second-order valence-corrected chi connectivity index (χ2v) is 6.63. The van der Waals surface area contributed by atoms with Crippen molar-refractivity contribution in [3.05, 3.63) is 0 Å². The quantitative estimate of drug-likeness (QED) is 0.356. The molecule has 0 amide bonds. The van der Waals surface area contributed by atoms with Crippen molar-refractivity contribution in [3.63, 3.8) is 0 Å². The summed E-state index contributed by atoms with van der Waals surface area (Å²) in [5, 5.41) is 17.6. The lowest BCUT2D eigenvalue weighted by Crippen LogP contribution is -2.21. The summed E-state index contributed by atoms with van der Waals surface area (Å²) < 4.78 is 4.85. The van der Waals surface area contributed by atoms with Crippen LogP contribution < -0.4 is 0 Å². The molecule has 132 valence electrons. The van der Waals surface area contributed by atoms with Gasteiger partial charge in [-0.1, -0.05) is 71.6 Å². The highest BCUT2D eigenvalue weighted by atomic mass is 16.5. The smallest absolute Gasteiger partial charge is 0.305 e. The van der Waals surface area contributed by atoms with Gasteiger partial charge in [0.2, 0.25) is 0 Å². The summed E-state index contributed by atoms with van der Waals surface area (Å²) >= 11 is 0. The number of unbranched alkanes of at least 4 members (excludes halogenated alkanes) is 8. The average molecular weight is 316 g/mol. The number of carbonyl (C=O) groups is 1. The average Bonchev–Trinajstić information content (AvgIpc) is 2.49. The summed E-state index contributed by atoms with van der Waals surface area (Å²) in [5.74, 6) is 0.552. The molecule has 0 spiro atoms. The molecule has 1 atom stereocenters. The monoisotopic (exact) mass is 316 g/mol. The van der Waals surface area contributed by atoms with Gasteiger partial charge in [0.25, 0.3) is 0 Å². The lowest BCUT2D eigenvalue weighted by molar-refractivity contribution is -0.147. The van der Waals surface area contributed by atoms with Crippen LogP contribution in [0.15, 0.2) is 0 Å². The summed E-state index contributed by atoms with van der Waals surface area (Å²) in [5.41, 5.74) is 0. The molecule has 22 heavy (non-hydrogen) atoms. The first-order valence-corrected chi connectivity index (χ1v) is 9.00. The molecule has 0 aromatic carbocycles. The Morgan fingerprint density at radius 3 is 1.91 bits per heavy atom. The van der Waals surface area contributed by atoms with Crippen LogP contribution in [0.25, 0.3) is 0 Å². The predicted octanol–water partition coefficient (Wildman–Crippen LogP) is 3.83. The highest BCUT2D eigenvalue weighted by Crippen LogP contribution is 2.13. The summed E-state index contributed by atoms with van der Waals surface area (Å²) in [4.78, 5) is 11.3. The molecule has 0 aromatic heterocycles. The van der Waals surface area contributed by atoms with Gasteiger partial charge in [-0.05, 0) is 12.3 Å². The molecule has 0 aromatic rings. The van der Waals surface area contributed by atoms with E-state index in [1.54, 1.807) is 0 Å². The van der Waals surface area contributed by atoms with Crippen molar-refractivity contribution in [1.82, 2.24) is 0 Å². The van der Waals surface area contributed by atoms with Gasteiger partial charge in [0.05, 0.1) is 6.61 Å². The van der Waals surface area contributed by atoms with Crippen LogP contribution in [0.3, 0.4) is 0 Å². The third kappa shape index (κ3) is 15.8. The van der Waals surface area contributed by atoms with Crippen LogP contribution in [-0.2, 0) is 9.53 Å². The maximum Gasteiger partial charge on any atom is 0.305 e. The third-order valence-electron chi connectivity index (χ3n) is 3.81. The molecule has 0 radical (unpaired) electrons. The second kappa shape index (κ2) is 15.3. The molecule has 0 bridgehead atoms. The Kier molecular flexibility index (Phi) is 14.9. The fourth-order valence-electron chi connectivity index (χ4n) is 2.37. The van der Waals surface area contributed by atoms with Crippen LogP contribution in [0.4, 0.5) is 0 Å². The lowest BCUT2D eigenvalue weighted by Gasteiger charge is -2.08. The number of rotatable bonds is 15. The van der Waals surface area contributed by atoms with Gasteiger partial charge >= 0.3 is 5.97 Å². The van der Waals surface area contributed by atoms with Crippen molar-refractivity contribution in [2.75, 3.05) is 13.2 Å². The maximum atomic E-state index is 11.3. The van der Waals surface area contributed by atoms with Crippen LogP contribution >= 0.6 is 0 Å². The largest absolute Gasteiger partial charge is 0.463 e. The number of carbonyl (C=O) groups excluding carboxylic acids is 1. The molecule has 0 aliphatic rings. The maximum absolute atomic E-state index is 11.3. The first-order chi connectivity index (χ1) is 10.6. The van der Waals surface area contributed by atoms with E-state index in [9.17, 15) is 4.79 Å². The molecule has 0 heterocycles. The SMILES string of the molecule is CC(C)CCCCCCCCCCCC(=O)OC[C@H](O)CO. The highest BCUT2D eigenvalue weighted by molar-refractivity contribution is 5.69. The number of aliphatic hydroxyl groups is 2. The molecule has 0 saturated carbocycles. The van der Waals surface area contributed by atoms with E-state index in [0.717, 1.165) is 18.8 Å². The van der Waals surface area contributed by atoms with Gasteiger partial charge in [-0.25, -0.2) is 0 Å². The zero-order valence-corrected chi connectivity index (χ0v) is 14.6. The fraction of sp³-hybridized carbons (Fsp3) is 0.944. The number of hydrogen-bond donors (Lipinski definition) is 2. The highest BCUT2D eigenvalue weighted by Gasteiger charge is 2.07. The topological polar surface area (TPSA) is 66.8 Å². The summed E-state index contributed by atoms with van der Waals surface area (Å²) in [6.45, 7) is 4.09. The zero-order valence-electron chi connectivity index (χ0n) is 14.6. The zero-order chi connectivity index (χ0) is 16.6. The fourth-order valence-corrected chi connectivity index (χ4v) is 2.37. The molecule has 0 aliphatic heterocycles. The second-order valence-electron chi connectivity index (χ2n) is 6.63. The van der Waals surface area contributed by atoms with Crippen molar-refractivity contribution in [2.45, 2.75) is 90.6 Å². The van der Waals surface area contributed by atoms with Gasteiger partial charge in [-0.2, -0.15) is 0 Å². The van der Waals surface area contributed by atoms with E-state index in [-0.39, 0.29) is 19.2 Å². The van der Waals surface area contributed by atoms with Crippen molar-refractivity contribution in [2.24, 2.45) is 5.92 Å². The van der Waals surface area contributed by atoms with Gasteiger partial charge in [0.1, 0.15) is 12.7 Å². The number of aliphatic hydroxyl groups excluding tert-OH is 2. The van der Waals surface area contributed by atoms with Crippen LogP contribution in [-0.4, -0.2) is 35.5 Å². The van der Waals surface area contributed by atoms with Gasteiger partial charge in [0.15, 0.2) is 0 Å². The molecule has 0 unspecified atom stereocenters. The molecule has 0 fully saturated rings. The van der Waals surface area contributed by atoms with E-state index in [0.29, 0.717) is 6.42 Å². The van der Waals surface area contributed by atoms with Crippen molar-refractivity contribution in [1.29, 1.82) is 0 Å². The Labute approximate surface area is 136 Å². The number of esters is 1. The summed E-state index contributed by atoms with van der Waals surface area (Å²) in [7, 11) is 0. The van der Waals surface area contributed by atoms with E-state index >= 15 is 0 Å². The Morgan fingerprint density at radius 1 is 0.909 bits per heavy atom. The third-order valence-corrected chi connectivity index (χ3v) is 3.81. The minimum atomic E-state index is -0.954. The number of hydrogen-bond acceptors (Lipinski definition) is 4. The van der Waals surface area contributed by atoms with E-state index in [4.69, 9.17) is 14.9 Å². The van der Waals surface area contributed by atoms with E-state index < -0.39 is 6.10 Å². The van der Waals surface area contributed by atoms with Crippen molar-refractivity contribution < 1.29 is 19.7 Å². The summed E-state index contributed by atoms with van der Waals surface area (Å²) in [6.07, 6.45) is 11.9. The van der Waals surface area contributed by atoms with Gasteiger partial charge in [0, 0.05) is 6.42 Å². The molecule has 0 saturated heterocycles. The van der Waals surface area contributed by atoms with Gasteiger partial charge in [-0.3, -0.25) is 4.79 Å². The molecule has 4 heteroatoms. The Hall–Kier alpha value is -0.610. The molecular formula is C18H36O4. The standard InChI is InChI=1S/C18H36O4/c1-16(2)12-10-8-6-4-3-5-7-9-11-13-18(21)22-15-17(20)14-19/h16-17,19-20H,3-15H2,1-2H3/t17-/m1/s1. The minimum absolute atomic E-state index is 0.105. The Morgan fingerprint density at radius 2 is 1.41 bits per heavy atom. The van der Waals surface area contributed by atoms with Crippen LogP contribution in [0, 0.1) is 5.92 Å². The normalized spacial score (nSPS) is 12.6. The van der Waals surface area contributed by atoms with Crippen molar-refractivity contribution in [3.8, 4) is 0 Å². The van der Waals surface area contributed by atoms with Crippen molar-refractivity contribution >= 4 is 5.97 Å². The molecule has 2 N–H and O–H groups in total. The predicted molar refractivity (Wildman–Crippen MR) is 89.7 cm³/mol. The molecule has 0 aliphatic carbocycles. The van der Waals surface area contributed by atoms with E-state index in [1.165, 1.54) is 51.4 Å². The Balaban J connectivity index is 3.18. The first kappa shape index (κ1) is 21.4. The number of ether oxygens (including phenoxy) is 1. The van der Waals surface area contributed by atoms with Crippen LogP contribution in [0.2, 0.25) is 0 Å².